The van der Waals surface area contributed by atoms with Gasteiger partial charge in [-0.25, -0.2) is 0 Å². The maximum Gasteiger partial charge on any atom is 0.130 e. The minimum absolute atomic E-state index is 0.324. The van der Waals surface area contributed by atoms with E-state index < -0.39 is 0 Å². The summed E-state index contributed by atoms with van der Waals surface area (Å²) < 4.78 is 6.10. The Bertz CT molecular complexity index is 211. The Labute approximate surface area is 105 Å². The highest BCUT2D eigenvalue weighted by Gasteiger charge is 2.48. The molecule has 90 valence electrons. The molecular weight excluding hydrogens is 243 g/mol. The fourth-order valence-electron chi connectivity index (χ4n) is 1.44. The van der Waals surface area contributed by atoms with Crippen molar-refractivity contribution in [2.24, 2.45) is 5.92 Å². The molecule has 0 aromatic rings. The maximum absolute atomic E-state index is 5.78. The Hall–Kier alpha value is 1.09. The lowest BCUT2D eigenvalue weighted by molar-refractivity contribution is 0.306. The van der Waals surface area contributed by atoms with Crippen LogP contribution in [-0.2, 0) is 4.74 Å². The van der Waals surface area contributed by atoms with E-state index in [1.807, 2.05) is 23.5 Å². The van der Waals surface area contributed by atoms with Crippen LogP contribution in [0.15, 0.2) is 0 Å². The molecule has 0 aliphatic carbocycles. The third-order valence-corrected chi connectivity index (χ3v) is 7.07. The van der Waals surface area contributed by atoms with Gasteiger partial charge in [0.1, 0.15) is 5.44 Å². The fourth-order valence-corrected chi connectivity index (χ4v) is 3.43. The van der Waals surface area contributed by atoms with Crippen molar-refractivity contribution >= 4 is 32.8 Å². The lowest BCUT2D eigenvalue weighted by Crippen LogP contribution is -2.29. The quantitative estimate of drug-likeness (QED) is 0.539. The number of hydrogen-bond acceptors (Lipinski definition) is 3. The van der Waals surface area contributed by atoms with Gasteiger partial charge in [0, 0.05) is 10.00 Å². The normalized spacial score (nSPS) is 30.0. The molecule has 0 saturated carbocycles. The maximum atomic E-state index is 5.78. The third-order valence-electron chi connectivity index (χ3n) is 3.30. The van der Waals surface area contributed by atoms with Gasteiger partial charge in [-0.05, 0) is 18.3 Å². The van der Waals surface area contributed by atoms with Gasteiger partial charge in [-0.1, -0.05) is 27.7 Å². The lowest BCUT2D eigenvalue weighted by Gasteiger charge is -2.28. The van der Waals surface area contributed by atoms with Crippen molar-refractivity contribution in [1.82, 2.24) is 0 Å². The SMILES string of the molecule is CSC(C)(C)C(C)C1OC1SC(C)CP. The van der Waals surface area contributed by atoms with E-state index >= 15 is 0 Å². The molecule has 1 aliphatic rings. The summed E-state index contributed by atoms with van der Waals surface area (Å²) >= 11 is 3.91. The molecule has 1 fully saturated rings. The third kappa shape index (κ3) is 3.80. The van der Waals surface area contributed by atoms with Crippen LogP contribution in [0.1, 0.15) is 27.7 Å². The van der Waals surface area contributed by atoms with Crippen LogP contribution in [0.25, 0.3) is 0 Å². The van der Waals surface area contributed by atoms with Crippen molar-refractivity contribution in [2.45, 2.75) is 49.2 Å². The van der Waals surface area contributed by atoms with Crippen LogP contribution in [0, 0.1) is 5.92 Å². The predicted molar refractivity (Wildman–Crippen MR) is 77.0 cm³/mol. The molecule has 1 saturated heterocycles. The average Bonchev–Trinajstić information content (AvgIpc) is 2.95. The van der Waals surface area contributed by atoms with E-state index in [1.165, 1.54) is 0 Å². The lowest BCUT2D eigenvalue weighted by atomic mass is 9.94. The van der Waals surface area contributed by atoms with E-state index in [4.69, 9.17) is 4.74 Å². The summed E-state index contributed by atoms with van der Waals surface area (Å²) in [5.41, 5.74) is 0.446. The first-order valence-corrected chi connectivity index (χ1v) is 8.47. The number of ether oxygens (including phenoxy) is 1. The van der Waals surface area contributed by atoms with Crippen molar-refractivity contribution in [3.63, 3.8) is 0 Å². The van der Waals surface area contributed by atoms with Crippen LogP contribution < -0.4 is 0 Å². The van der Waals surface area contributed by atoms with Crippen molar-refractivity contribution in [3.05, 3.63) is 0 Å². The Balaban J connectivity index is 2.37. The minimum atomic E-state index is 0.324. The van der Waals surface area contributed by atoms with Gasteiger partial charge in [-0.2, -0.15) is 11.8 Å². The molecule has 1 heterocycles. The first kappa shape index (κ1) is 14.2. The second-order valence-electron chi connectivity index (χ2n) is 4.75. The molecule has 5 unspecified atom stereocenters. The van der Waals surface area contributed by atoms with E-state index in [2.05, 4.69) is 43.2 Å². The van der Waals surface area contributed by atoms with E-state index in [9.17, 15) is 0 Å². The van der Waals surface area contributed by atoms with Crippen molar-refractivity contribution in [2.75, 3.05) is 12.4 Å². The second-order valence-corrected chi connectivity index (χ2v) is 8.22. The molecule has 1 nitrogen and oxygen atoms in total. The molecule has 4 heteroatoms. The van der Waals surface area contributed by atoms with Crippen molar-refractivity contribution < 1.29 is 4.74 Å². The summed E-state index contributed by atoms with van der Waals surface area (Å²) in [5.74, 6) is 0.627. The van der Waals surface area contributed by atoms with Gasteiger partial charge in [0.25, 0.3) is 0 Å². The molecule has 0 spiro atoms. The Morgan fingerprint density at radius 3 is 2.47 bits per heavy atom. The number of epoxide rings is 1. The molecule has 1 aliphatic heterocycles. The van der Waals surface area contributed by atoms with Crippen LogP contribution in [0.2, 0.25) is 0 Å². The molecule has 0 aromatic carbocycles. The Morgan fingerprint density at radius 1 is 1.40 bits per heavy atom. The zero-order chi connectivity index (χ0) is 11.6. The number of hydrogen-bond donors (Lipinski definition) is 0. The molecule has 15 heavy (non-hydrogen) atoms. The standard InChI is InChI=1S/C11H23OPS2/c1-7(6-13)15-10-9(12-10)8(2)11(3,4)14-5/h7-10H,6,13H2,1-5H3. The second kappa shape index (κ2) is 5.62. The zero-order valence-electron chi connectivity index (χ0n) is 10.3. The van der Waals surface area contributed by atoms with E-state index in [0.29, 0.717) is 27.5 Å². The summed E-state index contributed by atoms with van der Waals surface area (Å²) in [7, 11) is 2.80. The number of rotatable bonds is 6. The van der Waals surface area contributed by atoms with Gasteiger partial charge in [0.2, 0.25) is 0 Å². The molecule has 0 N–H and O–H groups in total. The fraction of sp³-hybridized carbons (Fsp3) is 1.00. The van der Waals surface area contributed by atoms with Crippen LogP contribution in [0.4, 0.5) is 0 Å². The van der Waals surface area contributed by atoms with Gasteiger partial charge in [-0.15, -0.1) is 21.0 Å². The molecular formula is C11H23OPS2. The van der Waals surface area contributed by atoms with Crippen LogP contribution in [0.5, 0.6) is 0 Å². The van der Waals surface area contributed by atoms with Gasteiger partial charge in [0.05, 0.1) is 6.10 Å². The van der Waals surface area contributed by atoms with E-state index in [0.717, 1.165) is 6.16 Å². The van der Waals surface area contributed by atoms with Crippen molar-refractivity contribution in [1.29, 1.82) is 0 Å². The first-order chi connectivity index (χ1) is 6.92. The Morgan fingerprint density at radius 2 is 2.00 bits per heavy atom. The number of thioether (sulfide) groups is 2. The first-order valence-electron chi connectivity index (χ1n) is 5.48. The topological polar surface area (TPSA) is 12.5 Å². The summed E-state index contributed by atoms with van der Waals surface area (Å²) in [4.78, 5) is 0. The smallest absolute Gasteiger partial charge is 0.130 e. The van der Waals surface area contributed by atoms with Crippen LogP contribution in [-0.4, -0.2) is 34.0 Å². The summed E-state index contributed by atoms with van der Waals surface area (Å²) in [6.45, 7) is 9.20. The van der Waals surface area contributed by atoms with Crippen molar-refractivity contribution in [3.8, 4) is 0 Å². The highest BCUT2D eigenvalue weighted by molar-refractivity contribution is 8.00. The highest BCUT2D eigenvalue weighted by Crippen LogP contribution is 2.46. The van der Waals surface area contributed by atoms with Crippen LogP contribution in [0.3, 0.4) is 0 Å². The van der Waals surface area contributed by atoms with Gasteiger partial charge in [-0.3, -0.25) is 0 Å². The average molecular weight is 266 g/mol. The summed E-state index contributed by atoms with van der Waals surface area (Å²) in [6.07, 6.45) is 3.81. The summed E-state index contributed by atoms with van der Waals surface area (Å²) in [5, 5.41) is 0.689. The molecule has 5 atom stereocenters. The zero-order valence-corrected chi connectivity index (χ0v) is 13.1. The van der Waals surface area contributed by atoms with E-state index in [1.54, 1.807) is 0 Å². The largest absolute Gasteiger partial charge is 0.358 e. The van der Waals surface area contributed by atoms with Gasteiger partial charge >= 0.3 is 0 Å². The Kier molecular flexibility index (Phi) is 5.30. The van der Waals surface area contributed by atoms with E-state index in [-0.39, 0.29) is 0 Å². The highest BCUT2D eigenvalue weighted by atomic mass is 32.2. The molecule has 0 aromatic heterocycles. The van der Waals surface area contributed by atoms with Gasteiger partial charge in [0.15, 0.2) is 0 Å². The molecule has 0 bridgehead atoms. The predicted octanol–water partition coefficient (Wildman–Crippen LogP) is 3.49. The molecule has 0 radical (unpaired) electrons. The van der Waals surface area contributed by atoms with Crippen LogP contribution >= 0.6 is 32.8 Å². The summed E-state index contributed by atoms with van der Waals surface area (Å²) in [6, 6.07) is 0. The molecule has 1 rings (SSSR count). The minimum Gasteiger partial charge on any atom is -0.358 e. The monoisotopic (exact) mass is 266 g/mol. The van der Waals surface area contributed by atoms with Gasteiger partial charge < -0.3 is 4.74 Å². The molecule has 0 amide bonds.